The summed E-state index contributed by atoms with van der Waals surface area (Å²) < 4.78 is 7.70. The van der Waals surface area contributed by atoms with Crippen molar-refractivity contribution in [3.05, 3.63) is 42.6 Å². The van der Waals surface area contributed by atoms with E-state index in [1.165, 1.54) is 0 Å². The van der Waals surface area contributed by atoms with Crippen LogP contribution < -0.4 is 4.74 Å². The Bertz CT molecular complexity index is 854. The summed E-state index contributed by atoms with van der Waals surface area (Å²) in [7, 11) is 0. The van der Waals surface area contributed by atoms with Crippen molar-refractivity contribution in [2.45, 2.75) is 37.9 Å². The van der Waals surface area contributed by atoms with Crippen molar-refractivity contribution in [1.82, 2.24) is 14.6 Å². The lowest BCUT2D eigenvalue weighted by Gasteiger charge is -2.25. The molecule has 2 aromatic heterocycles. The van der Waals surface area contributed by atoms with E-state index >= 15 is 0 Å². The average molecular weight is 325 g/mol. The van der Waals surface area contributed by atoms with Crippen LogP contribution in [0.1, 0.15) is 25.7 Å². The molecule has 3 aromatic rings. The molecule has 6 nitrogen and oxygen atoms in total. The first-order valence-corrected chi connectivity index (χ1v) is 8.18. The Labute approximate surface area is 139 Å². The molecule has 6 heteroatoms. The molecule has 24 heavy (non-hydrogen) atoms. The van der Waals surface area contributed by atoms with E-state index in [2.05, 4.69) is 10.1 Å². The van der Waals surface area contributed by atoms with E-state index in [-0.39, 0.29) is 18.0 Å². The number of hydrogen-bond donors (Lipinski definition) is 2. The van der Waals surface area contributed by atoms with Gasteiger partial charge in [-0.25, -0.2) is 9.50 Å². The van der Waals surface area contributed by atoms with Gasteiger partial charge in [-0.2, -0.15) is 0 Å². The van der Waals surface area contributed by atoms with Gasteiger partial charge in [-0.15, -0.1) is 5.10 Å². The van der Waals surface area contributed by atoms with Gasteiger partial charge in [0, 0.05) is 11.6 Å². The molecule has 2 N–H and O–H groups in total. The Morgan fingerprint density at radius 3 is 2.71 bits per heavy atom. The van der Waals surface area contributed by atoms with Crippen LogP contribution in [0.25, 0.3) is 16.9 Å². The van der Waals surface area contributed by atoms with Gasteiger partial charge in [0.25, 0.3) is 0 Å². The lowest BCUT2D eigenvalue weighted by Crippen LogP contribution is -2.26. The zero-order chi connectivity index (χ0) is 16.5. The van der Waals surface area contributed by atoms with Crippen LogP contribution in [0.15, 0.2) is 42.6 Å². The summed E-state index contributed by atoms with van der Waals surface area (Å²) in [6.45, 7) is 0. The first-order valence-electron chi connectivity index (χ1n) is 8.18. The fraction of sp³-hybridized carbons (Fsp3) is 0.333. The maximum Gasteiger partial charge on any atom is 0.232 e. The van der Waals surface area contributed by atoms with Crippen LogP contribution in [0.2, 0.25) is 0 Å². The van der Waals surface area contributed by atoms with Gasteiger partial charge in [-0.05, 0) is 43.9 Å². The van der Waals surface area contributed by atoms with Gasteiger partial charge < -0.3 is 14.9 Å². The van der Waals surface area contributed by atoms with E-state index in [1.807, 2.05) is 18.2 Å². The zero-order valence-electron chi connectivity index (χ0n) is 13.2. The molecule has 1 saturated carbocycles. The Kier molecular flexibility index (Phi) is 3.82. The SMILES string of the molecule is Oc1cccc(-c2cnc3ccc(OC4CCC(O)CC4)nn23)c1. The third kappa shape index (κ3) is 2.92. The predicted molar refractivity (Wildman–Crippen MR) is 89.0 cm³/mol. The summed E-state index contributed by atoms with van der Waals surface area (Å²) in [5, 5.41) is 23.8. The highest BCUT2D eigenvalue weighted by Crippen LogP contribution is 2.26. The van der Waals surface area contributed by atoms with Gasteiger partial charge >= 0.3 is 0 Å². The number of aromatic nitrogens is 3. The molecule has 1 aliphatic carbocycles. The Balaban J connectivity index is 1.63. The fourth-order valence-electron chi connectivity index (χ4n) is 3.12. The third-order valence-electron chi connectivity index (χ3n) is 4.41. The normalized spacial score (nSPS) is 21.0. The largest absolute Gasteiger partial charge is 0.508 e. The molecule has 124 valence electrons. The molecule has 0 atom stereocenters. The number of phenolic OH excluding ortho intramolecular Hbond substituents is 1. The van der Waals surface area contributed by atoms with Crippen molar-refractivity contribution < 1.29 is 14.9 Å². The smallest absolute Gasteiger partial charge is 0.232 e. The van der Waals surface area contributed by atoms with Gasteiger partial charge in [-0.1, -0.05) is 12.1 Å². The molecule has 4 rings (SSSR count). The Hall–Kier alpha value is -2.60. The van der Waals surface area contributed by atoms with Gasteiger partial charge in [0.15, 0.2) is 5.65 Å². The average Bonchev–Trinajstić information content (AvgIpc) is 3.00. The number of nitrogens with zero attached hydrogens (tertiary/aromatic N) is 3. The number of rotatable bonds is 3. The molecule has 0 unspecified atom stereocenters. The number of fused-ring (bicyclic) bond motifs is 1. The molecule has 0 bridgehead atoms. The number of imidazole rings is 1. The van der Waals surface area contributed by atoms with Crippen LogP contribution in [-0.4, -0.2) is 37.0 Å². The molecule has 0 saturated heterocycles. The van der Waals surface area contributed by atoms with E-state index < -0.39 is 0 Å². The minimum atomic E-state index is -0.203. The molecule has 0 amide bonds. The minimum absolute atomic E-state index is 0.0890. The van der Waals surface area contributed by atoms with Crippen molar-refractivity contribution >= 4 is 5.65 Å². The molecule has 0 spiro atoms. The number of aliphatic hydroxyl groups excluding tert-OH is 1. The predicted octanol–water partition coefficient (Wildman–Crippen LogP) is 2.78. The quantitative estimate of drug-likeness (QED) is 0.774. The zero-order valence-corrected chi connectivity index (χ0v) is 13.2. The monoisotopic (exact) mass is 325 g/mol. The molecule has 2 heterocycles. The third-order valence-corrected chi connectivity index (χ3v) is 4.41. The fourth-order valence-corrected chi connectivity index (χ4v) is 3.12. The number of aliphatic hydroxyl groups is 1. The van der Waals surface area contributed by atoms with Crippen LogP contribution in [0, 0.1) is 0 Å². The van der Waals surface area contributed by atoms with Gasteiger partial charge in [0.1, 0.15) is 11.9 Å². The standard InChI is InChI=1S/C18H19N3O3/c22-13-4-6-15(7-5-13)24-18-9-8-17-19-11-16(21(17)20-18)12-2-1-3-14(23)10-12/h1-3,8-11,13,15,22-23H,4-7H2. The van der Waals surface area contributed by atoms with Crippen LogP contribution in [0.3, 0.4) is 0 Å². The van der Waals surface area contributed by atoms with E-state index in [4.69, 9.17) is 4.74 Å². The summed E-state index contributed by atoms with van der Waals surface area (Å²) in [6, 6.07) is 10.7. The Morgan fingerprint density at radius 1 is 1.08 bits per heavy atom. The number of aromatic hydroxyl groups is 1. The first kappa shape index (κ1) is 15.0. The van der Waals surface area contributed by atoms with E-state index in [0.29, 0.717) is 5.88 Å². The topological polar surface area (TPSA) is 79.9 Å². The highest BCUT2D eigenvalue weighted by molar-refractivity contribution is 5.64. The highest BCUT2D eigenvalue weighted by atomic mass is 16.5. The second-order valence-corrected chi connectivity index (χ2v) is 6.18. The molecular formula is C18H19N3O3. The van der Waals surface area contributed by atoms with E-state index in [9.17, 15) is 10.2 Å². The number of benzene rings is 1. The molecular weight excluding hydrogens is 306 g/mol. The highest BCUT2D eigenvalue weighted by Gasteiger charge is 2.21. The summed E-state index contributed by atoms with van der Waals surface area (Å²) in [5.41, 5.74) is 2.36. The van der Waals surface area contributed by atoms with Crippen molar-refractivity contribution in [2.24, 2.45) is 0 Å². The summed E-state index contributed by atoms with van der Waals surface area (Å²) in [4.78, 5) is 4.35. The van der Waals surface area contributed by atoms with E-state index in [0.717, 1.165) is 42.6 Å². The van der Waals surface area contributed by atoms with Crippen molar-refractivity contribution in [3.63, 3.8) is 0 Å². The number of phenols is 1. The van der Waals surface area contributed by atoms with Crippen LogP contribution >= 0.6 is 0 Å². The van der Waals surface area contributed by atoms with Crippen LogP contribution in [0.5, 0.6) is 11.6 Å². The van der Waals surface area contributed by atoms with Crippen LogP contribution in [-0.2, 0) is 0 Å². The van der Waals surface area contributed by atoms with E-state index in [1.54, 1.807) is 28.9 Å². The molecule has 1 fully saturated rings. The summed E-state index contributed by atoms with van der Waals surface area (Å²) in [5.74, 6) is 0.749. The molecule has 1 aliphatic rings. The lowest BCUT2D eigenvalue weighted by molar-refractivity contribution is 0.0637. The Morgan fingerprint density at radius 2 is 1.92 bits per heavy atom. The maximum absolute atomic E-state index is 9.68. The van der Waals surface area contributed by atoms with Crippen molar-refractivity contribution in [1.29, 1.82) is 0 Å². The van der Waals surface area contributed by atoms with Gasteiger partial charge in [0.05, 0.1) is 18.0 Å². The lowest BCUT2D eigenvalue weighted by atomic mass is 9.95. The maximum atomic E-state index is 9.68. The summed E-state index contributed by atoms with van der Waals surface area (Å²) >= 11 is 0. The van der Waals surface area contributed by atoms with Crippen molar-refractivity contribution in [2.75, 3.05) is 0 Å². The van der Waals surface area contributed by atoms with Gasteiger partial charge in [0.2, 0.25) is 5.88 Å². The second kappa shape index (κ2) is 6.13. The van der Waals surface area contributed by atoms with Gasteiger partial charge in [-0.3, -0.25) is 0 Å². The minimum Gasteiger partial charge on any atom is -0.508 e. The van der Waals surface area contributed by atoms with Crippen molar-refractivity contribution in [3.8, 4) is 22.9 Å². The number of hydrogen-bond acceptors (Lipinski definition) is 5. The summed E-state index contributed by atoms with van der Waals surface area (Å²) in [6.07, 6.45) is 4.84. The second-order valence-electron chi connectivity index (χ2n) is 6.18. The van der Waals surface area contributed by atoms with Crippen LogP contribution in [0.4, 0.5) is 0 Å². The first-order chi connectivity index (χ1) is 11.7. The molecule has 0 aliphatic heterocycles. The molecule has 1 aromatic carbocycles. The molecule has 0 radical (unpaired) electrons. The number of ether oxygens (including phenoxy) is 1.